The lowest BCUT2D eigenvalue weighted by atomic mass is 9.95. The minimum Gasteiger partial charge on any atom is -0.496 e. The van der Waals surface area contributed by atoms with Crippen LogP contribution in [0.1, 0.15) is 54.4 Å². The molecule has 0 atom stereocenters. The summed E-state index contributed by atoms with van der Waals surface area (Å²) in [5.74, 6) is 2.22. The number of ether oxygens (including phenoxy) is 1. The van der Waals surface area contributed by atoms with Gasteiger partial charge in [0.05, 0.1) is 12.9 Å². The molecule has 1 amide bonds. The number of rotatable bonds is 9. The van der Waals surface area contributed by atoms with E-state index in [0.717, 1.165) is 41.6 Å². The number of para-hydroxylation sites is 1. The van der Waals surface area contributed by atoms with Crippen LogP contribution < -0.4 is 4.74 Å². The fourth-order valence-electron chi connectivity index (χ4n) is 4.22. The zero-order valence-electron chi connectivity index (χ0n) is 18.7. The third-order valence-electron chi connectivity index (χ3n) is 5.94. The Labute approximate surface area is 198 Å². The first-order valence-electron chi connectivity index (χ1n) is 11.1. The summed E-state index contributed by atoms with van der Waals surface area (Å²) < 4.78 is 7.74. The number of carbonyl (C=O) groups is 1. The molecule has 2 heterocycles. The maximum Gasteiger partial charge on any atom is 0.233 e. The average Bonchev–Trinajstić information content (AvgIpc) is 3.48. The molecule has 8 heteroatoms. The SMILES string of the molecule is COc1ccccc1CN(C)C(=O)CSc1nnc(Cc2cccs2)n1C1CCCCC1. The lowest BCUT2D eigenvalue weighted by Gasteiger charge is -2.25. The Kier molecular flexibility index (Phi) is 7.86. The van der Waals surface area contributed by atoms with Gasteiger partial charge in [-0.05, 0) is 30.4 Å². The van der Waals surface area contributed by atoms with Crippen LogP contribution >= 0.6 is 23.1 Å². The van der Waals surface area contributed by atoms with Gasteiger partial charge in [0.2, 0.25) is 5.91 Å². The molecule has 6 nitrogen and oxygen atoms in total. The first-order chi connectivity index (χ1) is 15.7. The number of hydrogen-bond acceptors (Lipinski definition) is 6. The van der Waals surface area contributed by atoms with Crippen LogP contribution in [0.3, 0.4) is 0 Å². The molecule has 32 heavy (non-hydrogen) atoms. The third kappa shape index (κ3) is 5.53. The molecule has 0 unspecified atom stereocenters. The van der Waals surface area contributed by atoms with E-state index in [1.165, 1.54) is 35.9 Å². The molecule has 0 bridgehead atoms. The number of aromatic nitrogens is 3. The fraction of sp³-hybridized carbons (Fsp3) is 0.458. The molecule has 0 radical (unpaired) electrons. The van der Waals surface area contributed by atoms with Crippen molar-refractivity contribution in [2.45, 2.75) is 56.3 Å². The second-order valence-corrected chi connectivity index (χ2v) is 10.1. The molecule has 3 aromatic rings. The molecule has 170 valence electrons. The summed E-state index contributed by atoms with van der Waals surface area (Å²) >= 11 is 3.25. The Balaban J connectivity index is 1.44. The summed E-state index contributed by atoms with van der Waals surface area (Å²) in [4.78, 5) is 15.9. The van der Waals surface area contributed by atoms with Crippen molar-refractivity contribution in [3.8, 4) is 5.75 Å². The smallest absolute Gasteiger partial charge is 0.233 e. The van der Waals surface area contributed by atoms with Crippen LogP contribution in [0.5, 0.6) is 5.75 Å². The van der Waals surface area contributed by atoms with Gasteiger partial charge in [0, 0.05) is 36.5 Å². The molecular formula is C24H30N4O2S2. The third-order valence-corrected chi connectivity index (χ3v) is 7.74. The van der Waals surface area contributed by atoms with Gasteiger partial charge in [-0.25, -0.2) is 0 Å². The summed E-state index contributed by atoms with van der Waals surface area (Å²) in [6, 6.07) is 12.5. The second kappa shape index (κ2) is 11.0. The zero-order valence-corrected chi connectivity index (χ0v) is 20.3. The van der Waals surface area contributed by atoms with Crippen LogP contribution in [-0.4, -0.2) is 45.5 Å². The van der Waals surface area contributed by atoms with Gasteiger partial charge in [0.25, 0.3) is 0 Å². The average molecular weight is 471 g/mol. The van der Waals surface area contributed by atoms with Crippen molar-refractivity contribution >= 4 is 29.0 Å². The normalized spacial score (nSPS) is 14.4. The Morgan fingerprint density at radius 3 is 2.75 bits per heavy atom. The molecule has 2 aromatic heterocycles. The predicted molar refractivity (Wildman–Crippen MR) is 129 cm³/mol. The first kappa shape index (κ1) is 22.9. The Morgan fingerprint density at radius 1 is 1.19 bits per heavy atom. The molecular weight excluding hydrogens is 440 g/mol. The molecule has 1 aliphatic carbocycles. The second-order valence-electron chi connectivity index (χ2n) is 8.17. The van der Waals surface area contributed by atoms with E-state index in [1.54, 1.807) is 23.3 Å². The van der Waals surface area contributed by atoms with Gasteiger partial charge < -0.3 is 14.2 Å². The molecule has 0 N–H and O–H groups in total. The fourth-order valence-corrected chi connectivity index (χ4v) is 5.88. The molecule has 1 fully saturated rings. The predicted octanol–water partition coefficient (Wildman–Crippen LogP) is 5.19. The van der Waals surface area contributed by atoms with Crippen LogP contribution in [0.4, 0.5) is 0 Å². The molecule has 0 saturated heterocycles. The number of benzene rings is 1. The number of amides is 1. The number of hydrogen-bond donors (Lipinski definition) is 0. The molecule has 0 spiro atoms. The van der Waals surface area contributed by atoms with E-state index in [-0.39, 0.29) is 5.91 Å². The van der Waals surface area contributed by atoms with E-state index >= 15 is 0 Å². The standard InChI is InChI=1S/C24H30N4O2S2/c1-27(16-18-9-6-7-13-21(18)30-2)23(29)17-32-24-26-25-22(15-20-12-8-14-31-20)28(24)19-10-4-3-5-11-19/h6-9,12-14,19H,3-5,10-11,15-17H2,1-2H3. The van der Waals surface area contributed by atoms with Gasteiger partial charge >= 0.3 is 0 Å². The highest BCUT2D eigenvalue weighted by molar-refractivity contribution is 7.99. The number of thioether (sulfide) groups is 1. The van der Waals surface area contributed by atoms with Gasteiger partial charge in [-0.3, -0.25) is 4.79 Å². The summed E-state index contributed by atoms with van der Waals surface area (Å²) in [5.41, 5.74) is 0.999. The summed E-state index contributed by atoms with van der Waals surface area (Å²) in [7, 11) is 3.49. The van der Waals surface area contributed by atoms with E-state index in [0.29, 0.717) is 18.3 Å². The Morgan fingerprint density at radius 2 is 2.00 bits per heavy atom. The lowest BCUT2D eigenvalue weighted by molar-refractivity contribution is -0.127. The van der Waals surface area contributed by atoms with Crippen molar-refractivity contribution in [2.75, 3.05) is 19.9 Å². The van der Waals surface area contributed by atoms with Crippen LogP contribution in [0, 0.1) is 0 Å². The largest absolute Gasteiger partial charge is 0.496 e. The molecule has 0 aliphatic heterocycles. The Hall–Kier alpha value is -2.32. The van der Waals surface area contributed by atoms with E-state index in [1.807, 2.05) is 31.3 Å². The Bertz CT molecular complexity index is 1010. The number of nitrogens with zero attached hydrogens (tertiary/aromatic N) is 4. The molecule has 1 aromatic carbocycles. The van der Waals surface area contributed by atoms with Gasteiger partial charge in [0.1, 0.15) is 11.6 Å². The van der Waals surface area contributed by atoms with Crippen LogP contribution in [0.2, 0.25) is 0 Å². The van der Waals surface area contributed by atoms with Gasteiger partial charge in [-0.1, -0.05) is 55.3 Å². The highest BCUT2D eigenvalue weighted by Gasteiger charge is 2.24. The molecule has 4 rings (SSSR count). The number of carbonyl (C=O) groups excluding carboxylic acids is 1. The quantitative estimate of drug-likeness (QED) is 0.403. The molecule has 1 saturated carbocycles. The summed E-state index contributed by atoms with van der Waals surface area (Å²) in [5, 5.41) is 12.0. The van der Waals surface area contributed by atoms with Gasteiger partial charge in [0.15, 0.2) is 5.16 Å². The topological polar surface area (TPSA) is 60.2 Å². The number of thiophene rings is 1. The van der Waals surface area contributed by atoms with Gasteiger partial charge in [-0.15, -0.1) is 21.5 Å². The van der Waals surface area contributed by atoms with Crippen molar-refractivity contribution in [3.63, 3.8) is 0 Å². The minimum atomic E-state index is 0.0684. The van der Waals surface area contributed by atoms with Crippen molar-refractivity contribution in [3.05, 3.63) is 58.0 Å². The van der Waals surface area contributed by atoms with Crippen molar-refractivity contribution in [2.24, 2.45) is 0 Å². The van der Waals surface area contributed by atoms with Gasteiger partial charge in [-0.2, -0.15) is 0 Å². The van der Waals surface area contributed by atoms with Crippen molar-refractivity contribution < 1.29 is 9.53 Å². The minimum absolute atomic E-state index is 0.0684. The van der Waals surface area contributed by atoms with Crippen LogP contribution in [0.25, 0.3) is 0 Å². The van der Waals surface area contributed by atoms with E-state index in [2.05, 4.69) is 32.3 Å². The first-order valence-corrected chi connectivity index (χ1v) is 13.0. The van der Waals surface area contributed by atoms with E-state index < -0.39 is 0 Å². The summed E-state index contributed by atoms with van der Waals surface area (Å²) in [6.07, 6.45) is 6.89. The van der Waals surface area contributed by atoms with Crippen LogP contribution in [-0.2, 0) is 17.8 Å². The lowest BCUT2D eigenvalue weighted by Crippen LogP contribution is -2.28. The van der Waals surface area contributed by atoms with Crippen molar-refractivity contribution in [1.82, 2.24) is 19.7 Å². The zero-order chi connectivity index (χ0) is 22.3. The highest BCUT2D eigenvalue weighted by atomic mass is 32.2. The van der Waals surface area contributed by atoms with E-state index in [9.17, 15) is 4.79 Å². The maximum absolute atomic E-state index is 12.9. The van der Waals surface area contributed by atoms with Crippen LogP contribution in [0.15, 0.2) is 46.9 Å². The number of methoxy groups -OCH3 is 1. The highest BCUT2D eigenvalue weighted by Crippen LogP contribution is 2.33. The summed E-state index contributed by atoms with van der Waals surface area (Å²) in [6.45, 7) is 0.516. The monoisotopic (exact) mass is 470 g/mol. The maximum atomic E-state index is 12.9. The van der Waals surface area contributed by atoms with E-state index in [4.69, 9.17) is 4.74 Å². The van der Waals surface area contributed by atoms with Crippen molar-refractivity contribution in [1.29, 1.82) is 0 Å². The molecule has 1 aliphatic rings.